The van der Waals surface area contributed by atoms with E-state index < -0.39 is 0 Å². The Labute approximate surface area is 216 Å². The number of benzene rings is 2. The van der Waals surface area contributed by atoms with Gasteiger partial charge in [0.1, 0.15) is 0 Å². The molecule has 4 nitrogen and oxygen atoms in total. The summed E-state index contributed by atoms with van der Waals surface area (Å²) in [4.78, 5) is 30.1. The number of amides is 2. The molecule has 5 rings (SSSR count). The zero-order valence-corrected chi connectivity index (χ0v) is 21.8. The zero-order valence-electron chi connectivity index (χ0n) is 21.8. The number of likely N-dealkylation sites (tertiary alicyclic amines) is 1. The third-order valence-corrected chi connectivity index (χ3v) is 8.71. The summed E-state index contributed by atoms with van der Waals surface area (Å²) in [7, 11) is 0. The second-order valence-corrected chi connectivity index (χ2v) is 11.4. The Kier molecular flexibility index (Phi) is 7.19. The van der Waals surface area contributed by atoms with Crippen molar-refractivity contribution in [3.8, 4) is 11.8 Å². The van der Waals surface area contributed by atoms with Gasteiger partial charge >= 0.3 is 0 Å². The predicted molar refractivity (Wildman–Crippen MR) is 144 cm³/mol. The van der Waals surface area contributed by atoms with Crippen LogP contribution in [0.2, 0.25) is 0 Å². The molecule has 0 bridgehead atoms. The van der Waals surface area contributed by atoms with Crippen LogP contribution in [0.1, 0.15) is 81.9 Å². The van der Waals surface area contributed by atoms with Crippen molar-refractivity contribution in [2.24, 2.45) is 17.3 Å². The molecule has 2 heterocycles. The van der Waals surface area contributed by atoms with Crippen LogP contribution in [0.3, 0.4) is 0 Å². The molecule has 2 aromatic carbocycles. The number of hydrogen-bond acceptors (Lipinski definition) is 2. The lowest BCUT2D eigenvalue weighted by molar-refractivity contribution is -0.136. The number of rotatable bonds is 6. The van der Waals surface area contributed by atoms with Crippen LogP contribution in [-0.4, -0.2) is 29.8 Å². The molecule has 1 spiro atoms. The predicted octanol–water partition coefficient (Wildman–Crippen LogP) is 6.17. The molecular weight excluding hydrogens is 444 g/mol. The van der Waals surface area contributed by atoms with Crippen molar-refractivity contribution < 1.29 is 9.59 Å². The van der Waals surface area contributed by atoms with E-state index >= 15 is 0 Å². The topological polar surface area (TPSA) is 40.6 Å². The Hall–Kier alpha value is -3.06. The lowest BCUT2D eigenvalue weighted by Gasteiger charge is -2.53. The number of piperidine rings is 1. The first kappa shape index (κ1) is 24.6. The molecule has 188 valence electrons. The molecule has 4 heteroatoms. The molecule has 36 heavy (non-hydrogen) atoms. The maximum atomic E-state index is 13.3. The van der Waals surface area contributed by atoms with E-state index in [9.17, 15) is 9.59 Å². The normalized spacial score (nSPS) is 18.4. The van der Waals surface area contributed by atoms with E-state index in [4.69, 9.17) is 0 Å². The van der Waals surface area contributed by atoms with E-state index in [1.807, 2.05) is 53.4 Å². The van der Waals surface area contributed by atoms with Gasteiger partial charge in [-0.15, -0.1) is 0 Å². The number of carbonyl (C=O) groups excluding carboxylic acids is 2. The number of hydrogen-bond donors (Lipinski definition) is 0. The third-order valence-electron chi connectivity index (χ3n) is 8.71. The number of fused-ring (bicyclic) bond motifs is 2. The molecule has 0 N–H and O–H groups in total. The lowest BCUT2D eigenvalue weighted by Crippen LogP contribution is -2.49. The van der Waals surface area contributed by atoms with Gasteiger partial charge in [-0.1, -0.05) is 56.0 Å². The first-order valence-electron chi connectivity index (χ1n) is 13.7. The number of unbranched alkanes of at least 4 members (excludes halogenated alkanes) is 1. The van der Waals surface area contributed by atoms with Gasteiger partial charge in [-0.25, -0.2) is 0 Å². The molecule has 0 atom stereocenters. The number of nitrogens with zero attached hydrogens (tertiary/aromatic N) is 2. The summed E-state index contributed by atoms with van der Waals surface area (Å²) in [6.07, 6.45) is 7.50. The summed E-state index contributed by atoms with van der Waals surface area (Å²) in [6.45, 7) is 7.01. The highest BCUT2D eigenvalue weighted by Crippen LogP contribution is 2.54. The fraction of sp³-hybridized carbons (Fsp3) is 0.500. The molecule has 2 amide bonds. The Morgan fingerprint density at radius 2 is 1.50 bits per heavy atom. The van der Waals surface area contributed by atoms with Gasteiger partial charge in [-0.2, -0.15) is 0 Å². The van der Waals surface area contributed by atoms with Crippen molar-refractivity contribution in [3.63, 3.8) is 0 Å². The van der Waals surface area contributed by atoms with E-state index in [1.165, 1.54) is 25.7 Å². The Morgan fingerprint density at radius 1 is 0.889 bits per heavy atom. The second kappa shape index (κ2) is 10.5. The zero-order chi connectivity index (χ0) is 25.1. The van der Waals surface area contributed by atoms with Gasteiger partial charge < -0.3 is 9.80 Å². The third kappa shape index (κ3) is 5.21. The average molecular weight is 483 g/mol. The summed E-state index contributed by atoms with van der Waals surface area (Å²) in [5.41, 5.74) is 4.31. The number of carbonyl (C=O) groups is 2. The van der Waals surface area contributed by atoms with Crippen molar-refractivity contribution in [2.75, 3.05) is 18.0 Å². The van der Waals surface area contributed by atoms with Gasteiger partial charge in [0.05, 0.1) is 12.2 Å². The summed E-state index contributed by atoms with van der Waals surface area (Å²) in [5.74, 6) is 8.54. The minimum Gasteiger partial charge on any atom is -0.343 e. The summed E-state index contributed by atoms with van der Waals surface area (Å²) < 4.78 is 0. The van der Waals surface area contributed by atoms with Crippen LogP contribution >= 0.6 is 0 Å². The first-order chi connectivity index (χ1) is 17.4. The van der Waals surface area contributed by atoms with Crippen LogP contribution in [0.4, 0.5) is 5.69 Å². The highest BCUT2D eigenvalue weighted by molar-refractivity contribution is 5.95. The van der Waals surface area contributed by atoms with Crippen LogP contribution in [0.5, 0.6) is 0 Å². The van der Waals surface area contributed by atoms with Crippen molar-refractivity contribution in [1.82, 2.24) is 4.90 Å². The van der Waals surface area contributed by atoms with Crippen LogP contribution in [0, 0.1) is 29.1 Å². The minimum absolute atomic E-state index is 0.0954. The van der Waals surface area contributed by atoms with Gasteiger partial charge in [0.15, 0.2) is 0 Å². The minimum atomic E-state index is 0.0954. The standard InChI is InChI=1S/C32H38N2O2/c1-24(2)28-21-32(22-28)17-19-33(20-18-32)30(35)13-7-8-14-31(36)34-23-27-11-4-3-9-25(27)15-16-26-10-5-6-12-29(26)34/h3-6,9-12,24,28H,7-8,13-14,17-23H2,1-2H3. The SMILES string of the molecule is CC(C)C1CC2(CCN(C(=O)CCCCC(=O)N3Cc4ccccc4C#Cc4ccccc43)CC2)C1. The molecule has 3 aliphatic rings. The van der Waals surface area contributed by atoms with Crippen molar-refractivity contribution in [1.29, 1.82) is 0 Å². The molecule has 0 aromatic heterocycles. The molecule has 1 saturated carbocycles. The largest absolute Gasteiger partial charge is 0.343 e. The van der Waals surface area contributed by atoms with E-state index in [2.05, 4.69) is 30.6 Å². The van der Waals surface area contributed by atoms with E-state index in [1.54, 1.807) is 0 Å². The fourth-order valence-corrected chi connectivity index (χ4v) is 6.22. The Bertz CT molecular complexity index is 1170. The number of para-hydroxylation sites is 1. The van der Waals surface area contributed by atoms with Crippen LogP contribution in [-0.2, 0) is 16.1 Å². The van der Waals surface area contributed by atoms with Crippen LogP contribution in [0.25, 0.3) is 0 Å². The second-order valence-electron chi connectivity index (χ2n) is 11.4. The maximum absolute atomic E-state index is 13.3. The highest BCUT2D eigenvalue weighted by Gasteiger charge is 2.46. The van der Waals surface area contributed by atoms with E-state index in [0.717, 1.165) is 60.1 Å². The summed E-state index contributed by atoms with van der Waals surface area (Å²) in [5, 5.41) is 0. The quantitative estimate of drug-likeness (QED) is 0.365. The van der Waals surface area contributed by atoms with Gasteiger partial charge in [0.2, 0.25) is 11.8 Å². The molecule has 2 aliphatic heterocycles. The highest BCUT2D eigenvalue weighted by atomic mass is 16.2. The monoisotopic (exact) mass is 482 g/mol. The molecule has 1 saturated heterocycles. The fourth-order valence-electron chi connectivity index (χ4n) is 6.22. The Balaban J connectivity index is 1.12. The van der Waals surface area contributed by atoms with Crippen molar-refractivity contribution in [3.05, 3.63) is 65.2 Å². The molecule has 2 fully saturated rings. The lowest BCUT2D eigenvalue weighted by atomic mass is 9.55. The van der Waals surface area contributed by atoms with E-state index in [-0.39, 0.29) is 11.8 Å². The van der Waals surface area contributed by atoms with E-state index in [0.29, 0.717) is 24.8 Å². The van der Waals surface area contributed by atoms with Crippen LogP contribution < -0.4 is 4.90 Å². The molecule has 1 aliphatic carbocycles. The van der Waals surface area contributed by atoms with Gasteiger partial charge in [0.25, 0.3) is 0 Å². The van der Waals surface area contributed by atoms with Gasteiger partial charge in [-0.05, 0) is 79.5 Å². The molecule has 2 aromatic rings. The summed E-state index contributed by atoms with van der Waals surface area (Å²) in [6, 6.07) is 15.9. The molecule has 0 unspecified atom stereocenters. The smallest absolute Gasteiger partial charge is 0.227 e. The molecule has 0 radical (unpaired) electrons. The summed E-state index contributed by atoms with van der Waals surface area (Å²) >= 11 is 0. The van der Waals surface area contributed by atoms with Crippen LogP contribution in [0.15, 0.2) is 48.5 Å². The average Bonchev–Trinajstić information content (AvgIpc) is 2.86. The van der Waals surface area contributed by atoms with Crippen molar-refractivity contribution >= 4 is 17.5 Å². The first-order valence-corrected chi connectivity index (χ1v) is 13.7. The molecular formula is C32H38N2O2. The van der Waals surface area contributed by atoms with Gasteiger partial charge in [-0.3, -0.25) is 9.59 Å². The maximum Gasteiger partial charge on any atom is 0.227 e. The van der Waals surface area contributed by atoms with Gasteiger partial charge in [0, 0.05) is 37.1 Å². The number of anilines is 1. The van der Waals surface area contributed by atoms with Crippen molar-refractivity contribution in [2.45, 2.75) is 71.8 Å². The Morgan fingerprint density at radius 3 is 2.22 bits per heavy atom.